The molecule has 2 rings (SSSR count). The van der Waals surface area contributed by atoms with Crippen LogP contribution in [0.15, 0.2) is 28.7 Å². The van der Waals surface area contributed by atoms with Crippen molar-refractivity contribution in [3.05, 3.63) is 45.0 Å². The summed E-state index contributed by atoms with van der Waals surface area (Å²) in [6.45, 7) is 4.59. The molecule has 2 N–H and O–H groups in total. The van der Waals surface area contributed by atoms with Crippen LogP contribution >= 0.6 is 0 Å². The maximum atomic E-state index is 12.6. The lowest BCUT2D eigenvalue weighted by Gasteiger charge is -2.15. The van der Waals surface area contributed by atoms with E-state index in [0.29, 0.717) is 13.0 Å². The second-order valence-corrected chi connectivity index (χ2v) is 7.50. The lowest BCUT2D eigenvalue weighted by atomic mass is 10.1. The Hall–Kier alpha value is -2.30. The average Bonchev–Trinajstić information content (AvgIpc) is 2.61. The Labute approximate surface area is 151 Å². The molecule has 142 valence electrons. The quantitative estimate of drug-likeness (QED) is 0.314. The highest BCUT2D eigenvalue weighted by molar-refractivity contribution is 7.89. The molecule has 0 saturated heterocycles. The zero-order chi connectivity index (χ0) is 19.3. The second kappa shape index (κ2) is 8.39. The average molecular weight is 383 g/mol. The third-order valence-electron chi connectivity index (χ3n) is 4.00. The molecule has 26 heavy (non-hydrogen) atoms. The lowest BCUT2D eigenvalue weighted by Crippen LogP contribution is -2.30. The fourth-order valence-electron chi connectivity index (χ4n) is 2.54. The molecule has 0 radical (unpaired) electrons. The number of sulfonamides is 1. The van der Waals surface area contributed by atoms with Crippen LogP contribution < -0.4 is 10.0 Å². The van der Waals surface area contributed by atoms with Gasteiger partial charge in [-0.2, -0.15) is 0 Å². The fraction of sp³-hybridized carbons (Fsp3) is 0.438. The predicted octanol–water partition coefficient (Wildman–Crippen LogP) is 1.28. The number of hydrogen-bond acceptors (Lipinski definition) is 7. The van der Waals surface area contributed by atoms with E-state index in [4.69, 9.17) is 4.74 Å². The van der Waals surface area contributed by atoms with E-state index in [1.54, 1.807) is 6.92 Å². The number of esters is 1. The van der Waals surface area contributed by atoms with Gasteiger partial charge in [-0.1, -0.05) is 11.6 Å². The molecule has 9 nitrogen and oxygen atoms in total. The zero-order valence-electron chi connectivity index (χ0n) is 14.6. The number of ether oxygens (including phenoxy) is 1. The van der Waals surface area contributed by atoms with E-state index in [2.05, 4.69) is 10.0 Å². The maximum Gasteiger partial charge on any atom is 0.338 e. The molecular formula is C16H21N3O6S. The van der Waals surface area contributed by atoms with Gasteiger partial charge in [-0.25, -0.2) is 17.9 Å². The number of nitrogens with one attached hydrogen (secondary N) is 2. The van der Waals surface area contributed by atoms with Gasteiger partial charge in [-0.05, 0) is 32.9 Å². The largest absolute Gasteiger partial charge is 0.462 e. The van der Waals surface area contributed by atoms with Crippen molar-refractivity contribution in [1.29, 1.82) is 0 Å². The summed E-state index contributed by atoms with van der Waals surface area (Å²) in [6, 6.07) is 2.07. The molecule has 0 amide bonds. The molecule has 0 atom stereocenters. The van der Waals surface area contributed by atoms with Crippen LogP contribution in [0.4, 0.5) is 5.69 Å². The third-order valence-corrected chi connectivity index (χ3v) is 5.38. The number of nitrogens with zero attached hydrogens (tertiary/aromatic N) is 1. The summed E-state index contributed by atoms with van der Waals surface area (Å²) in [5.41, 5.74) is 0.410. The Morgan fingerprint density at radius 3 is 2.73 bits per heavy atom. The molecule has 0 bridgehead atoms. The normalized spacial score (nSPS) is 14.6. The first kappa shape index (κ1) is 20.0. The first-order valence-electron chi connectivity index (χ1n) is 8.10. The van der Waals surface area contributed by atoms with Crippen LogP contribution in [0.2, 0.25) is 0 Å². The van der Waals surface area contributed by atoms with Crippen molar-refractivity contribution in [2.45, 2.75) is 25.2 Å². The Morgan fingerprint density at radius 2 is 2.15 bits per heavy atom. The van der Waals surface area contributed by atoms with Crippen molar-refractivity contribution in [1.82, 2.24) is 10.0 Å². The van der Waals surface area contributed by atoms with Crippen LogP contribution in [-0.4, -0.2) is 45.6 Å². The summed E-state index contributed by atoms with van der Waals surface area (Å²) in [6.07, 6.45) is 2.61. The van der Waals surface area contributed by atoms with Crippen molar-refractivity contribution in [3.63, 3.8) is 0 Å². The summed E-state index contributed by atoms with van der Waals surface area (Å²) in [5, 5.41) is 14.4. The molecule has 10 heteroatoms. The van der Waals surface area contributed by atoms with E-state index in [9.17, 15) is 23.3 Å². The maximum absolute atomic E-state index is 12.6. The number of rotatable bonds is 7. The fourth-order valence-corrected chi connectivity index (χ4v) is 3.62. The van der Waals surface area contributed by atoms with Crippen LogP contribution in [0.5, 0.6) is 0 Å². The van der Waals surface area contributed by atoms with Crippen LogP contribution in [0, 0.1) is 17.0 Å². The summed E-state index contributed by atoms with van der Waals surface area (Å²) in [5.74, 6) is -0.800. The molecule has 0 spiro atoms. The molecular weight excluding hydrogens is 362 g/mol. The molecule has 0 unspecified atom stereocenters. The SMILES string of the molecule is CCOC(=O)c1cc(S(=O)(=O)NCC2=CCNCC2)cc([N+](=O)[O-])c1C. The highest BCUT2D eigenvalue weighted by Gasteiger charge is 2.26. The van der Waals surface area contributed by atoms with E-state index >= 15 is 0 Å². The molecule has 1 heterocycles. The first-order chi connectivity index (χ1) is 12.3. The Kier molecular flexibility index (Phi) is 6.46. The van der Waals surface area contributed by atoms with Gasteiger partial charge in [-0.15, -0.1) is 0 Å². The summed E-state index contributed by atoms with van der Waals surface area (Å²) >= 11 is 0. The molecule has 0 aliphatic carbocycles. The third kappa shape index (κ3) is 4.65. The number of hydrogen-bond donors (Lipinski definition) is 2. The Balaban J connectivity index is 2.38. The number of carbonyl (C=O) groups is 1. The van der Waals surface area contributed by atoms with Gasteiger partial charge in [0.25, 0.3) is 5.69 Å². The van der Waals surface area contributed by atoms with Gasteiger partial charge in [-0.3, -0.25) is 10.1 Å². The van der Waals surface area contributed by atoms with Gasteiger partial charge in [0, 0.05) is 24.7 Å². The molecule has 0 saturated carbocycles. The number of carbonyl (C=O) groups excluding carboxylic acids is 1. The van der Waals surface area contributed by atoms with Crippen molar-refractivity contribution in [3.8, 4) is 0 Å². The number of benzene rings is 1. The van der Waals surface area contributed by atoms with E-state index in [0.717, 1.165) is 24.3 Å². The lowest BCUT2D eigenvalue weighted by molar-refractivity contribution is -0.385. The Morgan fingerprint density at radius 1 is 1.42 bits per heavy atom. The van der Waals surface area contributed by atoms with E-state index in [1.165, 1.54) is 6.92 Å². The van der Waals surface area contributed by atoms with Gasteiger partial charge >= 0.3 is 5.97 Å². The highest BCUT2D eigenvalue weighted by atomic mass is 32.2. The summed E-state index contributed by atoms with van der Waals surface area (Å²) < 4.78 is 32.4. The van der Waals surface area contributed by atoms with Crippen molar-refractivity contribution in [2.24, 2.45) is 0 Å². The van der Waals surface area contributed by atoms with Gasteiger partial charge in [0.05, 0.1) is 22.0 Å². The monoisotopic (exact) mass is 383 g/mol. The van der Waals surface area contributed by atoms with Gasteiger partial charge in [0.15, 0.2) is 0 Å². The number of nitro benzene ring substituents is 1. The zero-order valence-corrected chi connectivity index (χ0v) is 15.4. The van der Waals surface area contributed by atoms with E-state index in [1.807, 2.05) is 6.08 Å². The first-order valence-corrected chi connectivity index (χ1v) is 9.59. The standard InChI is InChI=1S/C16H21N3O6S/c1-3-25-16(20)14-8-13(9-15(11(14)2)19(21)22)26(23,24)18-10-12-4-6-17-7-5-12/h4,8-9,17-18H,3,5-7,10H2,1-2H3. The van der Waals surface area contributed by atoms with Crippen LogP contribution in [0.3, 0.4) is 0 Å². The Bertz CT molecular complexity index is 848. The topological polar surface area (TPSA) is 128 Å². The van der Waals surface area contributed by atoms with Crippen molar-refractivity contribution < 1.29 is 22.9 Å². The van der Waals surface area contributed by atoms with Crippen molar-refractivity contribution >= 4 is 21.7 Å². The van der Waals surface area contributed by atoms with Crippen molar-refractivity contribution in [2.75, 3.05) is 26.2 Å². The number of nitro groups is 1. The summed E-state index contributed by atoms with van der Waals surface area (Å²) in [4.78, 5) is 22.3. The van der Waals surface area contributed by atoms with Crippen LogP contribution in [0.25, 0.3) is 0 Å². The highest BCUT2D eigenvalue weighted by Crippen LogP contribution is 2.27. The smallest absolute Gasteiger partial charge is 0.338 e. The minimum atomic E-state index is -4.03. The summed E-state index contributed by atoms with van der Waals surface area (Å²) in [7, 11) is -4.03. The van der Waals surface area contributed by atoms with Crippen LogP contribution in [-0.2, 0) is 14.8 Å². The predicted molar refractivity (Wildman–Crippen MR) is 94.5 cm³/mol. The molecule has 1 aliphatic heterocycles. The molecule has 0 aromatic heterocycles. The van der Waals surface area contributed by atoms with Gasteiger partial charge < -0.3 is 10.1 Å². The second-order valence-electron chi connectivity index (χ2n) is 5.73. The minimum absolute atomic E-state index is 0.0634. The van der Waals surface area contributed by atoms with E-state index in [-0.39, 0.29) is 29.2 Å². The molecule has 1 aliphatic rings. The van der Waals surface area contributed by atoms with Crippen LogP contribution in [0.1, 0.15) is 29.3 Å². The molecule has 1 aromatic carbocycles. The van der Waals surface area contributed by atoms with E-state index < -0.39 is 26.6 Å². The molecule has 1 aromatic rings. The molecule has 0 fully saturated rings. The minimum Gasteiger partial charge on any atom is -0.462 e. The van der Waals surface area contributed by atoms with Gasteiger partial charge in [0.2, 0.25) is 10.0 Å². The van der Waals surface area contributed by atoms with Gasteiger partial charge in [0.1, 0.15) is 0 Å².